The van der Waals surface area contributed by atoms with Crippen LogP contribution in [-0.2, 0) is 14.3 Å². The van der Waals surface area contributed by atoms with E-state index in [0.29, 0.717) is 19.7 Å². The number of carbonyl (C=O) groups excluding carboxylic acids is 1. The molecule has 0 spiro atoms. The summed E-state index contributed by atoms with van der Waals surface area (Å²) in [5, 5.41) is 6.06. The van der Waals surface area contributed by atoms with E-state index in [4.69, 9.17) is 9.47 Å². The first-order valence-electron chi connectivity index (χ1n) is 7.01. The molecule has 1 saturated heterocycles. The van der Waals surface area contributed by atoms with Crippen molar-refractivity contribution in [1.29, 1.82) is 0 Å². The highest BCUT2D eigenvalue weighted by Gasteiger charge is 2.20. The molecular weight excluding hydrogens is 232 g/mol. The van der Waals surface area contributed by atoms with Gasteiger partial charge in [0.1, 0.15) is 0 Å². The van der Waals surface area contributed by atoms with Crippen molar-refractivity contribution in [3.8, 4) is 0 Å². The first-order valence-corrected chi connectivity index (χ1v) is 7.01. The third-order valence-corrected chi connectivity index (χ3v) is 3.30. The lowest BCUT2D eigenvalue weighted by molar-refractivity contribution is -0.120. The van der Waals surface area contributed by atoms with Gasteiger partial charge in [-0.25, -0.2) is 0 Å². The highest BCUT2D eigenvalue weighted by atomic mass is 16.5. The molecule has 1 unspecified atom stereocenters. The Hall–Kier alpha value is -0.650. The predicted octanol–water partition coefficient (Wildman–Crippen LogP) is 0.298. The molecule has 2 aliphatic rings. The highest BCUT2D eigenvalue weighted by Crippen LogP contribution is 2.27. The van der Waals surface area contributed by atoms with Gasteiger partial charge >= 0.3 is 0 Å². The van der Waals surface area contributed by atoms with E-state index in [1.807, 2.05) is 0 Å². The molecule has 5 heteroatoms. The van der Waals surface area contributed by atoms with Gasteiger partial charge in [0.15, 0.2) is 0 Å². The highest BCUT2D eigenvalue weighted by molar-refractivity contribution is 5.77. The molecule has 2 N–H and O–H groups in total. The molecule has 5 nitrogen and oxygen atoms in total. The molecule has 0 radical (unpaired) electrons. The number of carbonyl (C=O) groups is 1. The van der Waals surface area contributed by atoms with E-state index in [9.17, 15) is 4.79 Å². The van der Waals surface area contributed by atoms with E-state index in [0.717, 1.165) is 38.5 Å². The maximum absolute atomic E-state index is 11.4. The minimum Gasteiger partial charge on any atom is -0.379 e. The number of hydrogen-bond acceptors (Lipinski definition) is 4. The predicted molar refractivity (Wildman–Crippen MR) is 68.4 cm³/mol. The van der Waals surface area contributed by atoms with E-state index in [2.05, 4.69) is 10.6 Å². The van der Waals surface area contributed by atoms with Crippen LogP contribution < -0.4 is 10.6 Å². The number of hydrogen-bond donors (Lipinski definition) is 2. The van der Waals surface area contributed by atoms with Gasteiger partial charge in [-0.15, -0.1) is 0 Å². The van der Waals surface area contributed by atoms with Gasteiger partial charge in [-0.3, -0.25) is 4.79 Å². The van der Waals surface area contributed by atoms with Gasteiger partial charge in [0.25, 0.3) is 0 Å². The van der Waals surface area contributed by atoms with Gasteiger partial charge in [-0.1, -0.05) is 0 Å². The summed E-state index contributed by atoms with van der Waals surface area (Å²) < 4.78 is 10.8. The van der Waals surface area contributed by atoms with E-state index in [1.54, 1.807) is 0 Å². The molecule has 0 bridgehead atoms. The molecule has 1 heterocycles. The van der Waals surface area contributed by atoms with Crippen LogP contribution in [0.15, 0.2) is 0 Å². The third kappa shape index (κ3) is 5.80. The minimum absolute atomic E-state index is 0.0832. The van der Waals surface area contributed by atoms with Crippen molar-refractivity contribution in [2.45, 2.75) is 31.8 Å². The van der Waals surface area contributed by atoms with E-state index < -0.39 is 0 Å². The largest absolute Gasteiger partial charge is 0.379 e. The SMILES string of the molecule is O=C(CNCC1CC1)NCCCOC1CCOC1. The second-order valence-corrected chi connectivity index (χ2v) is 5.13. The first-order chi connectivity index (χ1) is 8.84. The molecular formula is C13H24N2O3. The number of ether oxygens (including phenoxy) is 2. The van der Waals surface area contributed by atoms with Crippen LogP contribution in [0, 0.1) is 5.92 Å². The number of amides is 1. The lowest BCUT2D eigenvalue weighted by Gasteiger charge is -2.10. The van der Waals surface area contributed by atoms with Crippen molar-refractivity contribution < 1.29 is 14.3 Å². The van der Waals surface area contributed by atoms with Crippen LogP contribution in [0.2, 0.25) is 0 Å². The topological polar surface area (TPSA) is 59.6 Å². The first kappa shape index (κ1) is 13.8. The van der Waals surface area contributed by atoms with Gasteiger partial charge < -0.3 is 20.1 Å². The van der Waals surface area contributed by atoms with Crippen LogP contribution in [0.1, 0.15) is 25.7 Å². The van der Waals surface area contributed by atoms with Crippen LogP contribution in [0.3, 0.4) is 0 Å². The maximum Gasteiger partial charge on any atom is 0.233 e. The summed E-state index contributed by atoms with van der Waals surface area (Å²) in [5.74, 6) is 0.902. The van der Waals surface area contributed by atoms with Gasteiger partial charge in [-0.2, -0.15) is 0 Å². The summed E-state index contributed by atoms with van der Waals surface area (Å²) in [6, 6.07) is 0. The van der Waals surface area contributed by atoms with Crippen LogP contribution in [-0.4, -0.2) is 51.5 Å². The van der Waals surface area contributed by atoms with Gasteiger partial charge in [0.2, 0.25) is 5.91 Å². The van der Waals surface area contributed by atoms with Crippen LogP contribution in [0.5, 0.6) is 0 Å². The van der Waals surface area contributed by atoms with E-state index in [1.165, 1.54) is 12.8 Å². The quantitative estimate of drug-likeness (QED) is 0.582. The molecule has 1 aliphatic heterocycles. The van der Waals surface area contributed by atoms with Crippen LogP contribution >= 0.6 is 0 Å². The van der Waals surface area contributed by atoms with Crippen LogP contribution in [0.4, 0.5) is 0 Å². The molecule has 2 fully saturated rings. The number of rotatable bonds is 9. The number of nitrogens with one attached hydrogen (secondary N) is 2. The summed E-state index contributed by atoms with van der Waals surface area (Å²) in [6.07, 6.45) is 4.76. The van der Waals surface area contributed by atoms with Crippen LogP contribution in [0.25, 0.3) is 0 Å². The van der Waals surface area contributed by atoms with Crippen molar-refractivity contribution >= 4 is 5.91 Å². The Morgan fingerprint density at radius 2 is 2.22 bits per heavy atom. The normalized spacial score (nSPS) is 23.2. The van der Waals surface area contributed by atoms with Crippen molar-refractivity contribution in [2.75, 3.05) is 39.5 Å². The Labute approximate surface area is 109 Å². The fourth-order valence-electron chi connectivity index (χ4n) is 1.97. The Morgan fingerprint density at radius 3 is 2.94 bits per heavy atom. The second-order valence-electron chi connectivity index (χ2n) is 5.13. The summed E-state index contributed by atoms with van der Waals surface area (Å²) >= 11 is 0. The standard InChI is InChI=1S/C13H24N2O3/c16-13(9-14-8-11-2-3-11)15-5-1-6-18-12-4-7-17-10-12/h11-12,14H,1-10H2,(H,15,16). The van der Waals surface area contributed by atoms with Crippen molar-refractivity contribution in [3.05, 3.63) is 0 Å². The Kier molecular flexibility index (Phi) is 5.90. The zero-order valence-corrected chi connectivity index (χ0v) is 11.0. The fraction of sp³-hybridized carbons (Fsp3) is 0.923. The molecule has 1 amide bonds. The zero-order valence-electron chi connectivity index (χ0n) is 11.0. The van der Waals surface area contributed by atoms with Gasteiger partial charge in [0.05, 0.1) is 19.3 Å². The summed E-state index contributed by atoms with van der Waals surface area (Å²) in [4.78, 5) is 11.4. The monoisotopic (exact) mass is 256 g/mol. The molecule has 1 saturated carbocycles. The molecule has 0 aromatic rings. The average molecular weight is 256 g/mol. The van der Waals surface area contributed by atoms with Gasteiger partial charge in [0, 0.05) is 19.8 Å². The lowest BCUT2D eigenvalue weighted by Crippen LogP contribution is -2.35. The Balaban J connectivity index is 1.36. The summed E-state index contributed by atoms with van der Waals surface area (Å²) in [7, 11) is 0. The van der Waals surface area contributed by atoms with Crippen molar-refractivity contribution in [3.63, 3.8) is 0 Å². The molecule has 18 heavy (non-hydrogen) atoms. The fourth-order valence-corrected chi connectivity index (χ4v) is 1.97. The lowest BCUT2D eigenvalue weighted by atomic mass is 10.3. The molecule has 2 rings (SSSR count). The van der Waals surface area contributed by atoms with E-state index in [-0.39, 0.29) is 12.0 Å². The summed E-state index contributed by atoms with van der Waals surface area (Å²) in [6.45, 7) is 4.35. The second kappa shape index (κ2) is 7.71. The molecule has 1 aliphatic carbocycles. The van der Waals surface area contributed by atoms with Crippen molar-refractivity contribution in [1.82, 2.24) is 10.6 Å². The Bertz CT molecular complexity index is 251. The molecule has 104 valence electrons. The Morgan fingerprint density at radius 1 is 1.33 bits per heavy atom. The van der Waals surface area contributed by atoms with Gasteiger partial charge in [-0.05, 0) is 38.1 Å². The summed E-state index contributed by atoms with van der Waals surface area (Å²) in [5.41, 5.74) is 0. The smallest absolute Gasteiger partial charge is 0.233 e. The molecule has 0 aromatic carbocycles. The minimum atomic E-state index is 0.0832. The molecule has 1 atom stereocenters. The maximum atomic E-state index is 11.4. The third-order valence-electron chi connectivity index (χ3n) is 3.30. The molecule has 0 aromatic heterocycles. The van der Waals surface area contributed by atoms with E-state index >= 15 is 0 Å². The average Bonchev–Trinajstić information content (AvgIpc) is 3.03. The zero-order chi connectivity index (χ0) is 12.6. The van der Waals surface area contributed by atoms with Crippen molar-refractivity contribution in [2.24, 2.45) is 5.92 Å².